The molecule has 9 heteroatoms. The molecule has 1 aliphatic heterocycles. The van der Waals surface area contributed by atoms with Gasteiger partial charge in [0, 0.05) is 107 Å². The molecule has 3 fully saturated rings. The number of hydrogen-bond acceptors (Lipinski definition) is 9. The second-order valence-corrected chi connectivity index (χ2v) is 22.6. The highest BCUT2D eigenvalue weighted by molar-refractivity contribution is 5.95. The molecule has 0 spiro atoms. The summed E-state index contributed by atoms with van der Waals surface area (Å²) in [6, 6.07) is 10.9. The van der Waals surface area contributed by atoms with E-state index in [-0.39, 0.29) is 53.5 Å². The molecule has 3 aromatic carbocycles. The van der Waals surface area contributed by atoms with Gasteiger partial charge < -0.3 is 15.3 Å². The third-order valence-corrected chi connectivity index (χ3v) is 16.2. The van der Waals surface area contributed by atoms with Crippen LogP contribution in [0.2, 0.25) is 0 Å². The van der Waals surface area contributed by atoms with Crippen molar-refractivity contribution >= 4 is 37.3 Å². The highest BCUT2D eigenvalue weighted by Gasteiger charge is 2.27. The molecule has 0 amide bonds. The fourth-order valence-corrected chi connectivity index (χ4v) is 11.4. The normalized spacial score (nSPS) is 23.4. The number of phenolic OH excluding ortho intramolecular Hbond substituents is 3. The molecule has 3 N–H and O–H groups in total. The first-order valence-electron chi connectivity index (χ1n) is 31.1. The molecule has 7 rings (SSSR count). The summed E-state index contributed by atoms with van der Waals surface area (Å²) >= 11 is 0. The van der Waals surface area contributed by atoms with Crippen LogP contribution in [-0.4, -0.2) is 88.9 Å². The topological polar surface area (TPSA) is 135 Å². The number of phenols is 3. The molecule has 3 aliphatic carbocycles. The molecular formula is C70H92N6O3. The minimum Gasteiger partial charge on any atom is -0.507 e. The monoisotopic (exact) mass is 1060 g/mol. The van der Waals surface area contributed by atoms with Gasteiger partial charge in [-0.3, -0.25) is 30.0 Å². The number of aromatic hydroxyl groups is 3. The third kappa shape index (κ3) is 19.8. The van der Waals surface area contributed by atoms with Gasteiger partial charge in [0.1, 0.15) is 17.2 Å². The number of nitrogens with zero attached hydrogens (tertiary/aromatic N) is 6. The maximum absolute atomic E-state index is 12.0. The molecular weight excluding hydrogens is 973 g/mol. The minimum absolute atomic E-state index is 0.109. The van der Waals surface area contributed by atoms with Crippen LogP contribution in [0.3, 0.4) is 0 Å². The van der Waals surface area contributed by atoms with Gasteiger partial charge >= 0.3 is 0 Å². The number of fused-ring (bicyclic) bond motifs is 9. The van der Waals surface area contributed by atoms with Crippen LogP contribution in [0.1, 0.15) is 270 Å². The Kier molecular flexibility index (Phi) is 26.0. The van der Waals surface area contributed by atoms with Crippen LogP contribution < -0.4 is 0 Å². The maximum atomic E-state index is 12.0. The van der Waals surface area contributed by atoms with Gasteiger partial charge in [-0.2, -0.15) is 0 Å². The molecule has 0 radical (unpaired) electrons. The van der Waals surface area contributed by atoms with Crippen molar-refractivity contribution in [1.82, 2.24) is 0 Å². The quantitative estimate of drug-likeness (QED) is 0.0974. The van der Waals surface area contributed by atoms with Gasteiger partial charge in [0.25, 0.3) is 0 Å². The first kappa shape index (κ1) is 60.4. The standard InChI is InChI=1S/C70H92N6O3/c1-4-7-10-12-14-16-18-20-22-24-33-54-43-58-49-73-64-37-28-26-35-62(64)71-47-56-41-53(32-9-6-3)42-57(68(56)77)48-72-63-36-27-29-38-65(63)74-50-59-44-55(34-25-23-21-19-17-15-13-11-8-5-2)46-61(70(59)79)52-76-67-40-31-30-39-66(67)75-51-60(45-54)69(58)78/h41-52,62-67,77-79H,4-8,10-23,26-31,35-40H2,1-3H3/b71-47+,72-48+,73-49+,74-50+,75-51+,76-52+. The number of rotatable bonds is 16. The van der Waals surface area contributed by atoms with E-state index in [0.717, 1.165) is 119 Å². The molecule has 0 aromatic heterocycles. The molecule has 420 valence electrons. The summed E-state index contributed by atoms with van der Waals surface area (Å²) in [5.41, 5.74) is 6.00. The number of unbranched alkanes of at least 4 members (excludes halogenated alkanes) is 16. The summed E-state index contributed by atoms with van der Waals surface area (Å²) in [6.07, 6.45) is 44.6. The predicted molar refractivity (Wildman–Crippen MR) is 333 cm³/mol. The van der Waals surface area contributed by atoms with E-state index in [1.807, 2.05) is 55.8 Å². The molecule has 79 heavy (non-hydrogen) atoms. The van der Waals surface area contributed by atoms with Gasteiger partial charge in [-0.1, -0.05) is 185 Å². The van der Waals surface area contributed by atoms with Gasteiger partial charge in [0.2, 0.25) is 0 Å². The molecule has 6 bridgehead atoms. The fraction of sp³-hybridized carbons (Fsp3) is 0.571. The smallest absolute Gasteiger partial charge is 0.133 e. The Bertz CT molecular complexity index is 2610. The Morgan fingerprint density at radius 2 is 0.557 bits per heavy atom. The van der Waals surface area contributed by atoms with Gasteiger partial charge in [0.15, 0.2) is 0 Å². The van der Waals surface area contributed by atoms with Gasteiger partial charge in [0.05, 0.1) is 36.3 Å². The zero-order chi connectivity index (χ0) is 55.3. The SMILES string of the molecule is CCC#Cc1cc2c(O)c(c1)/C=N/C1CCCCC1/N=C/c1cc(C#CCCCCCCCCCC)cc(c1O)/C=N/C1CCCCC1/N=C/c1cc(C#CCCCCCCCCCC)cc(c1O)/C=N/C1CCCCC1/N=C/2. The first-order valence-corrected chi connectivity index (χ1v) is 31.1. The lowest BCUT2D eigenvalue weighted by Gasteiger charge is -2.26. The molecule has 3 aromatic rings. The Morgan fingerprint density at radius 1 is 0.329 bits per heavy atom. The minimum atomic E-state index is -0.113. The number of benzene rings is 3. The van der Waals surface area contributed by atoms with Gasteiger partial charge in [-0.05, 0) is 87.8 Å². The number of hydrogen-bond donors (Lipinski definition) is 3. The summed E-state index contributed by atoms with van der Waals surface area (Å²) in [7, 11) is 0. The van der Waals surface area contributed by atoms with Crippen LogP contribution in [0.4, 0.5) is 0 Å². The second-order valence-electron chi connectivity index (χ2n) is 22.6. The molecule has 4 aliphatic rings. The fourth-order valence-electron chi connectivity index (χ4n) is 11.4. The highest BCUT2D eigenvalue weighted by atomic mass is 16.3. The Morgan fingerprint density at radius 3 is 0.797 bits per heavy atom. The van der Waals surface area contributed by atoms with Crippen LogP contribution in [-0.2, 0) is 0 Å². The van der Waals surface area contributed by atoms with Crippen molar-refractivity contribution in [1.29, 1.82) is 0 Å². The van der Waals surface area contributed by atoms with E-state index < -0.39 is 0 Å². The summed E-state index contributed by atoms with van der Waals surface area (Å²) in [6.45, 7) is 6.55. The molecule has 1 heterocycles. The Hall–Kier alpha value is -6.24. The van der Waals surface area contributed by atoms with Crippen LogP contribution >= 0.6 is 0 Å². The predicted octanol–water partition coefficient (Wildman–Crippen LogP) is 16.2. The maximum Gasteiger partial charge on any atom is 0.133 e. The molecule has 0 saturated heterocycles. The molecule has 6 atom stereocenters. The summed E-state index contributed by atoms with van der Waals surface area (Å²) in [5.74, 6) is 20.6. The average Bonchev–Trinajstić information content (AvgIpc) is 3.50. The molecule has 9 nitrogen and oxygen atoms in total. The van der Waals surface area contributed by atoms with Gasteiger partial charge in [-0.25, -0.2) is 0 Å². The third-order valence-electron chi connectivity index (χ3n) is 16.2. The van der Waals surface area contributed by atoms with Crippen LogP contribution in [0.15, 0.2) is 66.4 Å². The van der Waals surface area contributed by atoms with Crippen LogP contribution in [0.5, 0.6) is 17.2 Å². The molecule has 3 saturated carbocycles. The van der Waals surface area contributed by atoms with E-state index in [1.54, 1.807) is 24.9 Å². The van der Waals surface area contributed by atoms with Crippen molar-refractivity contribution in [3.63, 3.8) is 0 Å². The molecule has 6 unspecified atom stereocenters. The van der Waals surface area contributed by atoms with E-state index in [9.17, 15) is 15.3 Å². The van der Waals surface area contributed by atoms with Crippen molar-refractivity contribution in [2.45, 2.75) is 256 Å². The highest BCUT2D eigenvalue weighted by Crippen LogP contribution is 2.32. The van der Waals surface area contributed by atoms with Crippen LogP contribution in [0, 0.1) is 35.5 Å². The first-order chi connectivity index (χ1) is 38.8. The van der Waals surface area contributed by atoms with E-state index >= 15 is 0 Å². The van der Waals surface area contributed by atoms with E-state index in [4.69, 9.17) is 30.0 Å². The van der Waals surface area contributed by atoms with Crippen molar-refractivity contribution in [2.24, 2.45) is 30.0 Å². The zero-order valence-electron chi connectivity index (χ0n) is 48.3. The van der Waals surface area contributed by atoms with E-state index in [0.29, 0.717) is 39.8 Å². The number of aliphatic imine (C=N–C) groups is 6. The zero-order valence-corrected chi connectivity index (χ0v) is 48.3. The van der Waals surface area contributed by atoms with Crippen molar-refractivity contribution in [3.05, 3.63) is 86.5 Å². The lowest BCUT2D eigenvalue weighted by Crippen LogP contribution is -2.27. The Balaban J connectivity index is 1.25. The van der Waals surface area contributed by atoms with Gasteiger partial charge in [-0.15, -0.1) is 0 Å². The largest absolute Gasteiger partial charge is 0.507 e. The second kappa shape index (κ2) is 34.0. The lowest BCUT2D eigenvalue weighted by atomic mass is 9.91. The lowest BCUT2D eigenvalue weighted by molar-refractivity contribution is 0.389. The van der Waals surface area contributed by atoms with Crippen molar-refractivity contribution < 1.29 is 15.3 Å². The van der Waals surface area contributed by atoms with E-state index in [1.165, 1.54) is 89.9 Å². The summed E-state index contributed by atoms with van der Waals surface area (Å²) in [5, 5.41) is 35.9. The summed E-state index contributed by atoms with van der Waals surface area (Å²) in [4.78, 5) is 30.9. The van der Waals surface area contributed by atoms with Crippen LogP contribution in [0.25, 0.3) is 0 Å². The average molecular weight is 1070 g/mol. The summed E-state index contributed by atoms with van der Waals surface area (Å²) < 4.78 is 0. The Labute approximate surface area is 475 Å². The van der Waals surface area contributed by atoms with Crippen molar-refractivity contribution in [3.8, 4) is 52.8 Å². The van der Waals surface area contributed by atoms with Crippen molar-refractivity contribution in [2.75, 3.05) is 0 Å². The van der Waals surface area contributed by atoms with E-state index in [2.05, 4.69) is 49.4 Å².